The van der Waals surface area contributed by atoms with Crippen molar-refractivity contribution < 1.29 is 9.59 Å². The van der Waals surface area contributed by atoms with E-state index in [4.69, 9.17) is 5.73 Å². The highest BCUT2D eigenvalue weighted by Crippen LogP contribution is 2.07. The largest absolute Gasteiger partial charge is 0.338 e. The van der Waals surface area contributed by atoms with Crippen LogP contribution in [0.1, 0.15) is 6.42 Å². The Bertz CT molecular complexity index is 330. The van der Waals surface area contributed by atoms with Crippen LogP contribution in [0.3, 0.4) is 0 Å². The van der Waals surface area contributed by atoms with Crippen LogP contribution in [-0.2, 0) is 9.59 Å². The highest BCUT2D eigenvalue weighted by molar-refractivity contribution is 7.98. The number of hydrogen-bond donors (Lipinski definition) is 1. The smallest absolute Gasteiger partial charge is 0.239 e. The molecule has 0 radical (unpaired) electrons. The molecule has 20 heavy (non-hydrogen) atoms. The maximum absolute atomic E-state index is 12.1. The molecule has 1 atom stereocenters. The zero-order valence-electron chi connectivity index (χ0n) is 12.7. The number of nitrogens with two attached hydrogens (primary N) is 1. The number of carbonyl (C=O) groups is 2. The van der Waals surface area contributed by atoms with Gasteiger partial charge in [-0.3, -0.25) is 9.59 Å². The van der Waals surface area contributed by atoms with E-state index in [2.05, 4.69) is 0 Å². The van der Waals surface area contributed by atoms with E-state index in [0.29, 0.717) is 39.1 Å². The molecule has 1 fully saturated rings. The number of carbonyl (C=O) groups excluding carboxylic acids is 2. The third-order valence-electron chi connectivity index (χ3n) is 3.35. The molecular formula is C13H26N4O2S. The summed E-state index contributed by atoms with van der Waals surface area (Å²) in [6.07, 6.45) is 2.71. The molecule has 7 heteroatoms. The predicted molar refractivity (Wildman–Crippen MR) is 82.7 cm³/mol. The van der Waals surface area contributed by atoms with Gasteiger partial charge in [0, 0.05) is 26.2 Å². The summed E-state index contributed by atoms with van der Waals surface area (Å²) in [6, 6.07) is -0.411. The normalized spacial score (nSPS) is 17.4. The van der Waals surface area contributed by atoms with Crippen LogP contribution in [-0.4, -0.2) is 91.4 Å². The fraction of sp³-hybridized carbons (Fsp3) is 0.846. The van der Waals surface area contributed by atoms with Gasteiger partial charge in [0.05, 0.1) is 12.6 Å². The Kier molecular flexibility index (Phi) is 7.32. The maximum Gasteiger partial charge on any atom is 0.239 e. The maximum atomic E-state index is 12.1. The van der Waals surface area contributed by atoms with Crippen molar-refractivity contribution in [3.63, 3.8) is 0 Å². The first-order valence-electron chi connectivity index (χ1n) is 6.91. The van der Waals surface area contributed by atoms with Gasteiger partial charge in [-0.05, 0) is 32.5 Å². The molecule has 116 valence electrons. The Balaban J connectivity index is 2.38. The van der Waals surface area contributed by atoms with Crippen molar-refractivity contribution in [3.8, 4) is 0 Å². The van der Waals surface area contributed by atoms with E-state index < -0.39 is 6.04 Å². The van der Waals surface area contributed by atoms with Crippen LogP contribution in [0.25, 0.3) is 0 Å². The Labute approximate surface area is 125 Å². The molecule has 1 aliphatic heterocycles. The molecule has 0 saturated carbocycles. The molecule has 2 amide bonds. The Morgan fingerprint density at radius 3 is 2.25 bits per heavy atom. The molecule has 1 rings (SSSR count). The predicted octanol–water partition coefficient (Wildman–Crippen LogP) is -0.701. The van der Waals surface area contributed by atoms with Crippen LogP contribution in [0.15, 0.2) is 0 Å². The van der Waals surface area contributed by atoms with E-state index in [1.54, 1.807) is 16.7 Å². The summed E-state index contributed by atoms with van der Waals surface area (Å²) < 4.78 is 0. The van der Waals surface area contributed by atoms with Gasteiger partial charge in [0.25, 0.3) is 0 Å². The quantitative estimate of drug-likeness (QED) is 0.702. The van der Waals surface area contributed by atoms with E-state index in [1.165, 1.54) is 0 Å². The summed E-state index contributed by atoms with van der Waals surface area (Å²) >= 11 is 1.70. The molecule has 0 unspecified atom stereocenters. The van der Waals surface area contributed by atoms with Crippen molar-refractivity contribution in [2.45, 2.75) is 12.5 Å². The molecule has 0 aromatic carbocycles. The summed E-state index contributed by atoms with van der Waals surface area (Å²) in [5.74, 6) is 1.03. The molecule has 0 aromatic rings. The zero-order chi connectivity index (χ0) is 15.1. The lowest BCUT2D eigenvalue weighted by Crippen LogP contribution is -2.55. The lowest BCUT2D eigenvalue weighted by Gasteiger charge is -2.36. The number of rotatable bonds is 6. The Hall–Kier alpha value is -0.790. The number of nitrogens with zero attached hydrogens (tertiary/aromatic N) is 3. The first-order chi connectivity index (χ1) is 9.45. The number of amides is 2. The van der Waals surface area contributed by atoms with Gasteiger partial charge in [0.2, 0.25) is 11.8 Å². The van der Waals surface area contributed by atoms with E-state index in [1.807, 2.05) is 30.2 Å². The fourth-order valence-electron chi connectivity index (χ4n) is 2.15. The molecule has 0 spiro atoms. The number of likely N-dealkylation sites (N-methyl/N-ethyl adjacent to an activating group) is 1. The average Bonchev–Trinajstić information content (AvgIpc) is 2.43. The van der Waals surface area contributed by atoms with Crippen LogP contribution in [0.2, 0.25) is 0 Å². The third-order valence-corrected chi connectivity index (χ3v) is 3.99. The minimum atomic E-state index is -0.411. The second-order valence-corrected chi connectivity index (χ2v) is 6.32. The Morgan fingerprint density at radius 2 is 1.75 bits per heavy atom. The van der Waals surface area contributed by atoms with Crippen molar-refractivity contribution in [3.05, 3.63) is 0 Å². The average molecular weight is 302 g/mol. The first kappa shape index (κ1) is 17.3. The minimum absolute atomic E-state index is 0.0127. The van der Waals surface area contributed by atoms with Crippen molar-refractivity contribution in [1.82, 2.24) is 14.7 Å². The second-order valence-electron chi connectivity index (χ2n) is 5.33. The monoisotopic (exact) mass is 302 g/mol. The number of thioether (sulfide) groups is 1. The van der Waals surface area contributed by atoms with Crippen LogP contribution in [0.4, 0.5) is 0 Å². The molecule has 2 N–H and O–H groups in total. The van der Waals surface area contributed by atoms with Gasteiger partial charge in [-0.15, -0.1) is 0 Å². The van der Waals surface area contributed by atoms with Crippen molar-refractivity contribution in [2.75, 3.05) is 58.8 Å². The second kappa shape index (κ2) is 8.49. The number of piperazine rings is 1. The zero-order valence-corrected chi connectivity index (χ0v) is 13.5. The lowest BCUT2D eigenvalue weighted by atomic mass is 10.2. The standard InChI is InChI=1S/C13H26N4O2S/c1-15(2)10-12(18)16-5-7-17(8-6-16)13(19)11(14)4-9-20-3/h11H,4-10,14H2,1-3H3/t11-/m1/s1. The van der Waals surface area contributed by atoms with Crippen molar-refractivity contribution >= 4 is 23.6 Å². The first-order valence-corrected chi connectivity index (χ1v) is 8.31. The van der Waals surface area contributed by atoms with Crippen LogP contribution in [0.5, 0.6) is 0 Å². The van der Waals surface area contributed by atoms with Crippen LogP contribution in [0, 0.1) is 0 Å². The molecule has 1 heterocycles. The highest BCUT2D eigenvalue weighted by Gasteiger charge is 2.26. The molecule has 1 aliphatic rings. The van der Waals surface area contributed by atoms with Gasteiger partial charge in [-0.25, -0.2) is 0 Å². The van der Waals surface area contributed by atoms with Crippen LogP contribution < -0.4 is 5.73 Å². The number of hydrogen-bond acceptors (Lipinski definition) is 5. The summed E-state index contributed by atoms with van der Waals surface area (Å²) in [6.45, 7) is 2.80. The Morgan fingerprint density at radius 1 is 1.20 bits per heavy atom. The summed E-state index contributed by atoms with van der Waals surface area (Å²) in [7, 11) is 3.75. The van der Waals surface area contributed by atoms with Gasteiger partial charge in [0.15, 0.2) is 0 Å². The summed E-state index contributed by atoms with van der Waals surface area (Å²) in [5.41, 5.74) is 5.90. The fourth-order valence-corrected chi connectivity index (χ4v) is 2.64. The van der Waals surface area contributed by atoms with Crippen LogP contribution >= 0.6 is 11.8 Å². The van der Waals surface area contributed by atoms with Gasteiger partial charge in [-0.1, -0.05) is 0 Å². The topological polar surface area (TPSA) is 69.9 Å². The van der Waals surface area contributed by atoms with E-state index in [-0.39, 0.29) is 11.8 Å². The van der Waals surface area contributed by atoms with E-state index in [0.717, 1.165) is 5.75 Å². The molecular weight excluding hydrogens is 276 g/mol. The lowest BCUT2D eigenvalue weighted by molar-refractivity contribution is -0.140. The minimum Gasteiger partial charge on any atom is -0.338 e. The molecule has 1 saturated heterocycles. The molecule has 0 aliphatic carbocycles. The van der Waals surface area contributed by atoms with E-state index in [9.17, 15) is 9.59 Å². The molecule has 6 nitrogen and oxygen atoms in total. The molecule has 0 aromatic heterocycles. The third kappa shape index (κ3) is 5.30. The van der Waals surface area contributed by atoms with Gasteiger partial charge in [-0.2, -0.15) is 11.8 Å². The van der Waals surface area contributed by atoms with Crippen molar-refractivity contribution in [1.29, 1.82) is 0 Å². The van der Waals surface area contributed by atoms with Gasteiger partial charge >= 0.3 is 0 Å². The summed E-state index contributed by atoms with van der Waals surface area (Å²) in [4.78, 5) is 29.5. The van der Waals surface area contributed by atoms with Gasteiger partial charge in [0.1, 0.15) is 0 Å². The van der Waals surface area contributed by atoms with E-state index >= 15 is 0 Å². The van der Waals surface area contributed by atoms with Gasteiger partial charge < -0.3 is 20.4 Å². The highest BCUT2D eigenvalue weighted by atomic mass is 32.2. The SMILES string of the molecule is CSCC[C@@H](N)C(=O)N1CCN(C(=O)CN(C)C)CC1. The summed E-state index contributed by atoms with van der Waals surface area (Å²) in [5, 5.41) is 0. The van der Waals surface area contributed by atoms with Crippen molar-refractivity contribution in [2.24, 2.45) is 5.73 Å². The molecule has 0 bridgehead atoms.